The molecule has 5 aliphatic rings. The van der Waals surface area contributed by atoms with Gasteiger partial charge in [0.25, 0.3) is 0 Å². The molecule has 4 aliphatic carbocycles. The number of hydrogen-bond donors (Lipinski definition) is 3. The first-order valence-electron chi connectivity index (χ1n) is 10.6. The SMILES string of the molecule is C[C@@H]1[C@@H]2C[C@@H]3[C@@](CC[C@H]4[C@@]5(C)CCC[C@@]34C[NH+](CCO)C5)(C2)[C@H]1O. The standard InChI is InChI=1S/C21H35NO2/c1-14-15-10-17-20(11-15,18(14)24)7-4-16-19(2)5-3-6-21(16,17)13-22(12-19)8-9-23/h14-18,23-24H,3-13H2,1-2H3/p+1/t14-,15-,16+,17-,18+,19+,20-,21+/m1/s1. The van der Waals surface area contributed by atoms with Gasteiger partial charge in [-0.05, 0) is 62.2 Å². The van der Waals surface area contributed by atoms with Gasteiger partial charge in [-0.3, -0.25) is 0 Å². The second-order valence-electron chi connectivity index (χ2n) is 10.7. The van der Waals surface area contributed by atoms with E-state index in [9.17, 15) is 10.2 Å². The summed E-state index contributed by atoms with van der Waals surface area (Å²) in [7, 11) is 0. The van der Waals surface area contributed by atoms with Gasteiger partial charge in [0.05, 0.1) is 25.8 Å². The molecule has 5 fully saturated rings. The highest BCUT2D eigenvalue weighted by molar-refractivity contribution is 5.20. The Morgan fingerprint density at radius 3 is 2.67 bits per heavy atom. The minimum absolute atomic E-state index is 0.0482. The predicted molar refractivity (Wildman–Crippen MR) is 93.6 cm³/mol. The van der Waals surface area contributed by atoms with Crippen LogP contribution < -0.4 is 4.90 Å². The highest BCUT2D eigenvalue weighted by Crippen LogP contribution is 2.74. The molecule has 0 aromatic rings. The van der Waals surface area contributed by atoms with Crippen molar-refractivity contribution in [2.24, 2.45) is 39.9 Å². The van der Waals surface area contributed by atoms with E-state index >= 15 is 0 Å². The van der Waals surface area contributed by atoms with Crippen LogP contribution in [-0.4, -0.2) is 42.6 Å². The molecule has 136 valence electrons. The molecule has 0 amide bonds. The third kappa shape index (κ3) is 1.75. The van der Waals surface area contributed by atoms with E-state index in [1.54, 1.807) is 4.90 Å². The molecule has 1 aliphatic heterocycles. The van der Waals surface area contributed by atoms with Crippen molar-refractivity contribution in [2.45, 2.75) is 64.9 Å². The molecule has 4 bridgehead atoms. The molecule has 5 rings (SSSR count). The summed E-state index contributed by atoms with van der Waals surface area (Å²) in [5, 5.41) is 20.7. The fraction of sp³-hybridized carbons (Fsp3) is 1.00. The van der Waals surface area contributed by atoms with Crippen LogP contribution in [0.4, 0.5) is 0 Å². The second kappa shape index (κ2) is 4.98. The smallest absolute Gasteiger partial charge is 0.101 e. The number of rotatable bonds is 2. The number of nitrogens with one attached hydrogen (secondary N) is 1. The molecule has 1 saturated heterocycles. The molecule has 1 spiro atoms. The van der Waals surface area contributed by atoms with E-state index in [-0.39, 0.29) is 11.5 Å². The molecule has 9 atom stereocenters. The third-order valence-corrected chi connectivity index (χ3v) is 9.92. The van der Waals surface area contributed by atoms with Gasteiger partial charge in [0.1, 0.15) is 6.54 Å². The number of quaternary nitrogens is 1. The van der Waals surface area contributed by atoms with Gasteiger partial charge >= 0.3 is 0 Å². The van der Waals surface area contributed by atoms with Crippen LogP contribution in [0.25, 0.3) is 0 Å². The van der Waals surface area contributed by atoms with Gasteiger partial charge in [-0.15, -0.1) is 0 Å². The summed E-state index contributed by atoms with van der Waals surface area (Å²) in [5.74, 6) is 2.93. The second-order valence-corrected chi connectivity index (χ2v) is 10.7. The topological polar surface area (TPSA) is 44.9 Å². The molecule has 0 aromatic carbocycles. The van der Waals surface area contributed by atoms with Crippen molar-refractivity contribution < 1.29 is 15.1 Å². The Kier molecular flexibility index (Phi) is 3.34. The molecule has 3 heteroatoms. The van der Waals surface area contributed by atoms with Gasteiger partial charge in [-0.25, -0.2) is 0 Å². The zero-order valence-corrected chi connectivity index (χ0v) is 15.6. The zero-order valence-electron chi connectivity index (χ0n) is 15.6. The number of aliphatic hydroxyl groups excluding tert-OH is 2. The minimum atomic E-state index is -0.0482. The number of hydrogen-bond acceptors (Lipinski definition) is 2. The Balaban J connectivity index is 1.57. The van der Waals surface area contributed by atoms with Gasteiger partial charge in [-0.1, -0.05) is 20.3 Å². The summed E-state index contributed by atoms with van der Waals surface area (Å²) in [5.41, 5.74) is 1.19. The number of likely N-dealkylation sites (tertiary alicyclic amines) is 1. The lowest BCUT2D eigenvalue weighted by Crippen LogP contribution is -3.17. The molecule has 3 N–H and O–H groups in total. The van der Waals surface area contributed by atoms with E-state index in [1.165, 1.54) is 58.0 Å². The van der Waals surface area contributed by atoms with Gasteiger partial charge in [0.2, 0.25) is 0 Å². The van der Waals surface area contributed by atoms with Crippen LogP contribution >= 0.6 is 0 Å². The minimum Gasteiger partial charge on any atom is -0.392 e. The lowest BCUT2D eigenvalue weighted by atomic mass is 9.40. The van der Waals surface area contributed by atoms with Crippen LogP contribution in [0.1, 0.15) is 58.8 Å². The first kappa shape index (κ1) is 16.1. The average molecular weight is 335 g/mol. The quantitative estimate of drug-likeness (QED) is 0.716. The average Bonchev–Trinajstić information content (AvgIpc) is 3.03. The van der Waals surface area contributed by atoms with Crippen molar-refractivity contribution >= 4 is 0 Å². The Labute approximate surface area is 146 Å². The molecule has 3 nitrogen and oxygen atoms in total. The monoisotopic (exact) mass is 334 g/mol. The van der Waals surface area contributed by atoms with E-state index < -0.39 is 0 Å². The summed E-state index contributed by atoms with van der Waals surface area (Å²) in [6.45, 7) is 8.65. The maximum Gasteiger partial charge on any atom is 0.101 e. The Hall–Kier alpha value is -0.120. The van der Waals surface area contributed by atoms with Crippen LogP contribution in [0.3, 0.4) is 0 Å². The molecule has 1 heterocycles. The summed E-state index contributed by atoms with van der Waals surface area (Å²) < 4.78 is 0. The summed E-state index contributed by atoms with van der Waals surface area (Å²) in [6, 6.07) is 0. The van der Waals surface area contributed by atoms with Crippen molar-refractivity contribution in [2.75, 3.05) is 26.2 Å². The van der Waals surface area contributed by atoms with Crippen molar-refractivity contribution in [1.29, 1.82) is 0 Å². The lowest BCUT2D eigenvalue weighted by molar-refractivity contribution is -0.926. The van der Waals surface area contributed by atoms with Crippen LogP contribution in [0.2, 0.25) is 0 Å². The molecule has 4 saturated carbocycles. The van der Waals surface area contributed by atoms with Crippen LogP contribution in [-0.2, 0) is 0 Å². The van der Waals surface area contributed by atoms with Crippen LogP contribution in [0.15, 0.2) is 0 Å². The maximum absolute atomic E-state index is 11.1. The maximum atomic E-state index is 11.1. The van der Waals surface area contributed by atoms with E-state index in [1.807, 2.05) is 0 Å². The molecule has 0 radical (unpaired) electrons. The number of fused-ring (bicyclic) bond motifs is 1. The summed E-state index contributed by atoms with van der Waals surface area (Å²) in [4.78, 5) is 1.65. The van der Waals surface area contributed by atoms with Gasteiger partial charge in [0, 0.05) is 16.2 Å². The highest BCUT2D eigenvalue weighted by Gasteiger charge is 2.73. The van der Waals surface area contributed by atoms with E-state index in [0.717, 1.165) is 24.3 Å². The van der Waals surface area contributed by atoms with E-state index in [2.05, 4.69) is 13.8 Å². The van der Waals surface area contributed by atoms with Gasteiger partial charge in [0.15, 0.2) is 0 Å². The molecular weight excluding hydrogens is 298 g/mol. The number of aliphatic hydroxyl groups is 2. The lowest BCUT2D eigenvalue weighted by Gasteiger charge is -2.67. The van der Waals surface area contributed by atoms with Gasteiger partial charge in [-0.2, -0.15) is 0 Å². The third-order valence-electron chi connectivity index (χ3n) is 9.92. The largest absolute Gasteiger partial charge is 0.392 e. The van der Waals surface area contributed by atoms with Crippen LogP contribution in [0, 0.1) is 39.9 Å². The van der Waals surface area contributed by atoms with Gasteiger partial charge < -0.3 is 15.1 Å². The van der Waals surface area contributed by atoms with Crippen molar-refractivity contribution in [3.05, 3.63) is 0 Å². The predicted octanol–water partition coefficient (Wildman–Crippen LogP) is 1.49. The fourth-order valence-corrected chi connectivity index (χ4v) is 9.30. The molecule has 24 heavy (non-hydrogen) atoms. The van der Waals surface area contributed by atoms with Crippen molar-refractivity contribution in [3.63, 3.8) is 0 Å². The normalized spacial score (nSPS) is 61.5. The molecular formula is C21H36NO2+. The van der Waals surface area contributed by atoms with Crippen molar-refractivity contribution in [3.8, 4) is 0 Å². The number of piperidine rings is 1. The Morgan fingerprint density at radius 1 is 1.08 bits per heavy atom. The zero-order chi connectivity index (χ0) is 16.7. The molecule has 0 aromatic heterocycles. The van der Waals surface area contributed by atoms with E-state index in [0.29, 0.717) is 23.4 Å². The van der Waals surface area contributed by atoms with Crippen molar-refractivity contribution in [1.82, 2.24) is 0 Å². The van der Waals surface area contributed by atoms with Crippen LogP contribution in [0.5, 0.6) is 0 Å². The summed E-state index contributed by atoms with van der Waals surface area (Å²) >= 11 is 0. The van der Waals surface area contributed by atoms with E-state index in [4.69, 9.17) is 0 Å². The highest BCUT2D eigenvalue weighted by atomic mass is 16.3. The first-order chi connectivity index (χ1) is 11.5. The Morgan fingerprint density at radius 2 is 1.92 bits per heavy atom. The first-order valence-corrected chi connectivity index (χ1v) is 10.6. The molecule has 1 unspecified atom stereocenters. The summed E-state index contributed by atoms with van der Waals surface area (Å²) in [6.07, 6.45) is 9.46. The Bertz CT molecular complexity index is 538. The fourth-order valence-electron chi connectivity index (χ4n) is 9.30.